The number of aromatic nitrogens is 2. The average molecular weight is 287 g/mol. The summed E-state index contributed by atoms with van der Waals surface area (Å²) in [6.45, 7) is 1.84. The third-order valence-electron chi connectivity index (χ3n) is 3.50. The quantitative estimate of drug-likeness (QED) is 0.454. The highest BCUT2D eigenvalue weighted by Crippen LogP contribution is 2.25. The summed E-state index contributed by atoms with van der Waals surface area (Å²) in [4.78, 5) is 19.9. The van der Waals surface area contributed by atoms with Gasteiger partial charge in [0.25, 0.3) is 0 Å². The summed E-state index contributed by atoms with van der Waals surface area (Å²) in [6, 6.07) is 13.1. The lowest BCUT2D eigenvalue weighted by Gasteiger charge is -2.00. The van der Waals surface area contributed by atoms with Gasteiger partial charge in [-0.1, -0.05) is 18.2 Å². The predicted molar refractivity (Wildman–Crippen MR) is 85.2 cm³/mol. The molecule has 0 amide bonds. The molecule has 0 aliphatic heterocycles. The Morgan fingerprint density at radius 1 is 1.23 bits per heavy atom. The van der Waals surface area contributed by atoms with Gasteiger partial charge in [-0.3, -0.25) is 9.78 Å². The summed E-state index contributed by atoms with van der Waals surface area (Å²) in [5, 5.41) is 10.2. The number of carbonyl (C=O) groups excluding carboxylic acids is 1. The van der Waals surface area contributed by atoms with Crippen molar-refractivity contribution in [2.75, 3.05) is 0 Å². The number of para-hydroxylation sites is 1. The molecule has 0 bridgehead atoms. The van der Waals surface area contributed by atoms with Crippen molar-refractivity contribution in [2.24, 2.45) is 0 Å². The standard InChI is InChI=1S/C18H13N3O/c1-12-17(15-4-2-3-5-16(15)21-12)18(22)14(11-19)10-13-6-8-20-9-7-13/h2-10,21H,1H3/b14-10+. The van der Waals surface area contributed by atoms with Crippen LogP contribution in [-0.4, -0.2) is 15.8 Å². The van der Waals surface area contributed by atoms with Crippen molar-refractivity contribution in [2.45, 2.75) is 6.92 Å². The average Bonchev–Trinajstić information content (AvgIpc) is 2.88. The van der Waals surface area contributed by atoms with Crippen LogP contribution in [0, 0.1) is 18.3 Å². The van der Waals surface area contributed by atoms with Crippen molar-refractivity contribution in [3.8, 4) is 6.07 Å². The van der Waals surface area contributed by atoms with E-state index in [1.165, 1.54) is 0 Å². The number of ketones is 1. The number of nitriles is 1. The van der Waals surface area contributed by atoms with Crippen molar-refractivity contribution in [1.82, 2.24) is 9.97 Å². The molecule has 0 aliphatic carbocycles. The molecule has 1 N–H and O–H groups in total. The normalized spacial score (nSPS) is 11.4. The van der Waals surface area contributed by atoms with Gasteiger partial charge in [-0.25, -0.2) is 0 Å². The van der Waals surface area contributed by atoms with Gasteiger partial charge >= 0.3 is 0 Å². The lowest BCUT2D eigenvalue weighted by atomic mass is 9.99. The van der Waals surface area contributed by atoms with E-state index in [1.807, 2.05) is 37.3 Å². The fourth-order valence-electron chi connectivity index (χ4n) is 2.48. The molecule has 0 saturated heterocycles. The molecular formula is C18H13N3O. The van der Waals surface area contributed by atoms with Crippen LogP contribution in [0.1, 0.15) is 21.6 Å². The molecule has 2 heterocycles. The third kappa shape index (κ3) is 2.40. The minimum absolute atomic E-state index is 0.110. The molecule has 0 aliphatic rings. The molecule has 2 aromatic heterocycles. The molecule has 0 saturated carbocycles. The van der Waals surface area contributed by atoms with Crippen LogP contribution in [0.25, 0.3) is 17.0 Å². The first-order chi connectivity index (χ1) is 10.7. The van der Waals surface area contributed by atoms with Crippen LogP contribution in [-0.2, 0) is 0 Å². The van der Waals surface area contributed by atoms with Gasteiger partial charge in [0.2, 0.25) is 5.78 Å². The van der Waals surface area contributed by atoms with Gasteiger partial charge in [0.1, 0.15) is 11.6 Å². The van der Waals surface area contributed by atoms with Crippen LogP contribution >= 0.6 is 0 Å². The first-order valence-electron chi connectivity index (χ1n) is 6.84. The maximum Gasteiger partial charge on any atom is 0.205 e. The highest BCUT2D eigenvalue weighted by atomic mass is 16.1. The largest absolute Gasteiger partial charge is 0.358 e. The third-order valence-corrected chi connectivity index (χ3v) is 3.50. The maximum atomic E-state index is 12.7. The zero-order valence-corrected chi connectivity index (χ0v) is 12.0. The van der Waals surface area contributed by atoms with E-state index < -0.39 is 0 Å². The van der Waals surface area contributed by atoms with Crippen LogP contribution in [0.4, 0.5) is 0 Å². The molecule has 22 heavy (non-hydrogen) atoms. The molecule has 0 radical (unpaired) electrons. The summed E-state index contributed by atoms with van der Waals surface area (Å²) in [5.74, 6) is -0.269. The number of carbonyl (C=O) groups is 1. The molecular weight excluding hydrogens is 274 g/mol. The zero-order chi connectivity index (χ0) is 15.5. The number of nitrogens with zero attached hydrogens (tertiary/aromatic N) is 2. The second-order valence-corrected chi connectivity index (χ2v) is 4.95. The van der Waals surface area contributed by atoms with Crippen LogP contribution in [0.2, 0.25) is 0 Å². The lowest BCUT2D eigenvalue weighted by molar-refractivity contribution is 0.104. The monoisotopic (exact) mass is 287 g/mol. The van der Waals surface area contributed by atoms with Crippen LogP contribution in [0.15, 0.2) is 54.4 Å². The predicted octanol–water partition coefficient (Wildman–Crippen LogP) is 3.66. The van der Waals surface area contributed by atoms with Crippen molar-refractivity contribution >= 4 is 22.8 Å². The maximum absolute atomic E-state index is 12.7. The molecule has 4 nitrogen and oxygen atoms in total. The Kier molecular flexibility index (Phi) is 3.55. The van der Waals surface area contributed by atoms with E-state index in [0.717, 1.165) is 22.2 Å². The second kappa shape index (κ2) is 5.66. The fraction of sp³-hybridized carbons (Fsp3) is 0.0556. The van der Waals surface area contributed by atoms with Gasteiger partial charge in [0, 0.05) is 29.0 Å². The Bertz CT molecular complexity index is 914. The van der Waals surface area contributed by atoms with E-state index in [1.54, 1.807) is 30.6 Å². The van der Waals surface area contributed by atoms with E-state index in [9.17, 15) is 10.1 Å². The number of aromatic amines is 1. The van der Waals surface area contributed by atoms with Gasteiger partial charge in [0.15, 0.2) is 0 Å². The van der Waals surface area contributed by atoms with Gasteiger partial charge in [-0.15, -0.1) is 0 Å². The Morgan fingerprint density at radius 3 is 2.68 bits per heavy atom. The number of pyridine rings is 1. The smallest absolute Gasteiger partial charge is 0.205 e. The van der Waals surface area contributed by atoms with E-state index in [-0.39, 0.29) is 11.4 Å². The lowest BCUT2D eigenvalue weighted by Crippen LogP contribution is -2.03. The van der Waals surface area contributed by atoms with Crippen LogP contribution < -0.4 is 0 Å². The molecule has 1 aromatic carbocycles. The number of nitrogens with one attached hydrogen (secondary N) is 1. The van der Waals surface area contributed by atoms with Gasteiger partial charge in [-0.2, -0.15) is 5.26 Å². The fourth-order valence-corrected chi connectivity index (χ4v) is 2.48. The van der Waals surface area contributed by atoms with Crippen LogP contribution in [0.3, 0.4) is 0 Å². The van der Waals surface area contributed by atoms with Gasteiger partial charge in [-0.05, 0) is 36.8 Å². The van der Waals surface area contributed by atoms with E-state index in [4.69, 9.17) is 0 Å². The van der Waals surface area contributed by atoms with Gasteiger partial charge < -0.3 is 4.98 Å². The number of allylic oxidation sites excluding steroid dienone is 1. The highest BCUT2D eigenvalue weighted by Gasteiger charge is 2.19. The van der Waals surface area contributed by atoms with E-state index >= 15 is 0 Å². The van der Waals surface area contributed by atoms with Crippen molar-refractivity contribution in [3.05, 3.63) is 71.2 Å². The molecule has 0 atom stereocenters. The number of benzene rings is 1. The van der Waals surface area contributed by atoms with E-state index in [2.05, 4.69) is 9.97 Å². The van der Waals surface area contributed by atoms with Crippen LogP contribution in [0.5, 0.6) is 0 Å². The summed E-state index contributed by atoms with van der Waals surface area (Å²) in [6.07, 6.45) is 4.84. The summed E-state index contributed by atoms with van der Waals surface area (Å²) in [5.41, 5.74) is 3.10. The molecule has 4 heteroatoms. The number of Topliss-reactive ketones (excluding diaryl/α,β-unsaturated/α-hetero) is 1. The summed E-state index contributed by atoms with van der Waals surface area (Å²) >= 11 is 0. The molecule has 3 rings (SSSR count). The minimum Gasteiger partial charge on any atom is -0.358 e. The Morgan fingerprint density at radius 2 is 1.95 bits per heavy atom. The molecule has 3 aromatic rings. The summed E-state index contributed by atoms with van der Waals surface area (Å²) in [7, 11) is 0. The minimum atomic E-state index is -0.269. The number of hydrogen-bond donors (Lipinski definition) is 1. The van der Waals surface area contributed by atoms with E-state index in [0.29, 0.717) is 5.56 Å². The number of H-pyrrole nitrogens is 1. The Hall–Kier alpha value is -3.19. The van der Waals surface area contributed by atoms with Gasteiger partial charge in [0.05, 0.1) is 5.56 Å². The first kappa shape index (κ1) is 13.8. The number of aryl methyl sites for hydroxylation is 1. The second-order valence-electron chi connectivity index (χ2n) is 4.95. The first-order valence-corrected chi connectivity index (χ1v) is 6.84. The number of rotatable bonds is 3. The number of fused-ring (bicyclic) bond motifs is 1. The molecule has 106 valence electrons. The Balaban J connectivity index is 2.10. The van der Waals surface area contributed by atoms with Crippen molar-refractivity contribution in [1.29, 1.82) is 5.26 Å². The highest BCUT2D eigenvalue weighted by molar-refractivity contribution is 6.20. The molecule has 0 fully saturated rings. The van der Waals surface area contributed by atoms with Crippen molar-refractivity contribution in [3.63, 3.8) is 0 Å². The SMILES string of the molecule is Cc1[nH]c2ccccc2c1C(=O)/C(C#N)=C/c1ccncc1. The topological polar surface area (TPSA) is 69.5 Å². The Labute approximate surface area is 127 Å². The van der Waals surface area contributed by atoms with Crippen molar-refractivity contribution < 1.29 is 4.79 Å². The number of hydrogen-bond acceptors (Lipinski definition) is 3. The summed E-state index contributed by atoms with van der Waals surface area (Å²) < 4.78 is 0. The molecule has 0 unspecified atom stereocenters. The molecule has 0 spiro atoms. The zero-order valence-electron chi connectivity index (χ0n) is 12.0.